The van der Waals surface area contributed by atoms with Crippen LogP contribution in [0.1, 0.15) is 12.5 Å². The number of amides is 1. The fraction of sp³-hybridized carbons (Fsp3) is 0.267. The Balaban J connectivity index is 2.06. The van der Waals surface area contributed by atoms with Gasteiger partial charge in [-0.05, 0) is 17.9 Å². The minimum Gasteiger partial charge on any atom is -0.480 e. The molecule has 1 N–H and O–H groups in total. The lowest BCUT2D eigenvalue weighted by atomic mass is 10.0. The zero-order valence-electron chi connectivity index (χ0n) is 11.5. The maximum atomic E-state index is 12.1. The first kappa shape index (κ1) is 15.7. The molecule has 1 aromatic carbocycles. The molecule has 0 saturated carbocycles. The molecule has 2 rings (SSSR count). The van der Waals surface area contributed by atoms with Crippen LogP contribution in [0.2, 0.25) is 0 Å². The number of carbonyl (C=O) groups excluding carboxylic acids is 1. The van der Waals surface area contributed by atoms with Gasteiger partial charge in [-0.25, -0.2) is 0 Å². The standard InChI is InChI=1S/C15H15NO3S2/c1-10(7-11-5-3-2-4-6-11)8-12-14(19)16(9-13(17)18)15(20)21-12/h2-6,8,10H,7,9H2,1H3,(H,17,18)/b12-8-. The van der Waals surface area contributed by atoms with E-state index >= 15 is 0 Å². The Morgan fingerprint density at radius 1 is 1.43 bits per heavy atom. The van der Waals surface area contributed by atoms with Gasteiger partial charge in [0.05, 0.1) is 4.91 Å². The molecule has 1 saturated heterocycles. The highest BCUT2D eigenvalue weighted by Crippen LogP contribution is 2.32. The second-order valence-corrected chi connectivity index (χ2v) is 6.53. The Hall–Kier alpha value is -1.66. The first-order valence-corrected chi connectivity index (χ1v) is 7.71. The molecule has 1 aliphatic rings. The molecule has 0 spiro atoms. The number of hydrogen-bond donors (Lipinski definition) is 1. The van der Waals surface area contributed by atoms with Crippen LogP contribution in [0.25, 0.3) is 0 Å². The third-order valence-corrected chi connectivity index (χ3v) is 4.40. The molecule has 0 radical (unpaired) electrons. The molecule has 1 fully saturated rings. The van der Waals surface area contributed by atoms with Crippen molar-refractivity contribution >= 4 is 40.2 Å². The lowest BCUT2D eigenvalue weighted by Crippen LogP contribution is -2.33. The van der Waals surface area contributed by atoms with Crippen LogP contribution in [0.5, 0.6) is 0 Å². The Morgan fingerprint density at radius 3 is 2.71 bits per heavy atom. The SMILES string of the molecule is CC(/C=C1\SC(=S)N(CC(=O)O)C1=O)Cc1ccccc1. The lowest BCUT2D eigenvalue weighted by Gasteiger charge is -2.10. The summed E-state index contributed by atoms with van der Waals surface area (Å²) >= 11 is 6.23. The summed E-state index contributed by atoms with van der Waals surface area (Å²) in [5.41, 5.74) is 1.20. The van der Waals surface area contributed by atoms with Crippen molar-refractivity contribution in [3.05, 3.63) is 46.9 Å². The van der Waals surface area contributed by atoms with Crippen molar-refractivity contribution in [3.8, 4) is 0 Å². The average molecular weight is 321 g/mol. The Morgan fingerprint density at radius 2 is 2.10 bits per heavy atom. The predicted molar refractivity (Wildman–Crippen MR) is 86.9 cm³/mol. The summed E-state index contributed by atoms with van der Waals surface area (Å²) in [6.45, 7) is 1.64. The monoisotopic (exact) mass is 321 g/mol. The average Bonchev–Trinajstić information content (AvgIpc) is 2.67. The molecule has 1 unspecified atom stereocenters. The predicted octanol–water partition coefficient (Wildman–Crippen LogP) is 2.69. The smallest absolute Gasteiger partial charge is 0.323 e. The Bertz CT molecular complexity index is 598. The number of benzene rings is 1. The zero-order valence-corrected chi connectivity index (χ0v) is 13.1. The second-order valence-electron chi connectivity index (χ2n) is 4.85. The van der Waals surface area contributed by atoms with E-state index < -0.39 is 5.97 Å². The van der Waals surface area contributed by atoms with Gasteiger partial charge >= 0.3 is 5.97 Å². The van der Waals surface area contributed by atoms with Crippen LogP contribution < -0.4 is 0 Å². The molecule has 0 aromatic heterocycles. The van der Waals surface area contributed by atoms with E-state index in [1.165, 1.54) is 17.3 Å². The summed E-state index contributed by atoms with van der Waals surface area (Å²) in [7, 11) is 0. The van der Waals surface area contributed by atoms with E-state index in [1.54, 1.807) is 0 Å². The van der Waals surface area contributed by atoms with Crippen molar-refractivity contribution < 1.29 is 14.7 Å². The van der Waals surface area contributed by atoms with Crippen molar-refractivity contribution in [3.63, 3.8) is 0 Å². The number of allylic oxidation sites excluding steroid dienone is 1. The van der Waals surface area contributed by atoms with E-state index in [0.717, 1.165) is 11.3 Å². The van der Waals surface area contributed by atoms with E-state index in [1.807, 2.05) is 43.3 Å². The fourth-order valence-electron chi connectivity index (χ4n) is 2.09. The van der Waals surface area contributed by atoms with Gasteiger partial charge in [-0.15, -0.1) is 0 Å². The normalized spacial score (nSPS) is 18.3. The first-order valence-electron chi connectivity index (χ1n) is 6.48. The maximum Gasteiger partial charge on any atom is 0.323 e. The summed E-state index contributed by atoms with van der Waals surface area (Å²) < 4.78 is 0.306. The third-order valence-electron chi connectivity index (χ3n) is 3.00. The van der Waals surface area contributed by atoms with Crippen molar-refractivity contribution in [1.29, 1.82) is 0 Å². The van der Waals surface area contributed by atoms with Gasteiger partial charge in [0.1, 0.15) is 10.9 Å². The quantitative estimate of drug-likeness (QED) is 0.667. The van der Waals surface area contributed by atoms with Crippen LogP contribution in [0.3, 0.4) is 0 Å². The third kappa shape index (κ3) is 4.15. The largest absolute Gasteiger partial charge is 0.480 e. The minimum absolute atomic E-state index is 0.173. The first-order chi connectivity index (χ1) is 9.97. The number of nitrogens with zero attached hydrogens (tertiary/aromatic N) is 1. The van der Waals surface area contributed by atoms with Crippen molar-refractivity contribution in [2.45, 2.75) is 13.3 Å². The van der Waals surface area contributed by atoms with Crippen LogP contribution >= 0.6 is 24.0 Å². The van der Waals surface area contributed by atoms with Gasteiger partial charge in [-0.1, -0.05) is 67.3 Å². The number of carboxylic acid groups (broad SMARTS) is 1. The molecule has 21 heavy (non-hydrogen) atoms. The van der Waals surface area contributed by atoms with Crippen LogP contribution in [-0.2, 0) is 16.0 Å². The van der Waals surface area contributed by atoms with E-state index in [2.05, 4.69) is 0 Å². The summed E-state index contributed by atoms with van der Waals surface area (Å²) in [5, 5.41) is 8.79. The molecular formula is C15H15NO3S2. The number of thiocarbonyl (C=S) groups is 1. The fourth-order valence-corrected chi connectivity index (χ4v) is 3.45. The molecule has 6 heteroatoms. The van der Waals surface area contributed by atoms with Crippen molar-refractivity contribution in [1.82, 2.24) is 4.90 Å². The zero-order chi connectivity index (χ0) is 15.4. The molecule has 1 atom stereocenters. The lowest BCUT2D eigenvalue weighted by molar-refractivity contribution is -0.140. The number of rotatable bonds is 5. The van der Waals surface area contributed by atoms with Crippen LogP contribution in [0.4, 0.5) is 0 Å². The van der Waals surface area contributed by atoms with Gasteiger partial charge in [0, 0.05) is 0 Å². The summed E-state index contributed by atoms with van der Waals surface area (Å²) in [4.78, 5) is 24.5. The number of carboxylic acids is 1. The van der Waals surface area contributed by atoms with Gasteiger partial charge in [0.2, 0.25) is 0 Å². The number of aliphatic carboxylic acids is 1. The molecule has 1 amide bonds. The molecule has 0 aliphatic carbocycles. The Labute approximate surface area is 132 Å². The van der Waals surface area contributed by atoms with Gasteiger partial charge in [-0.3, -0.25) is 14.5 Å². The van der Waals surface area contributed by atoms with E-state index in [-0.39, 0.29) is 18.4 Å². The Kier molecular flexibility index (Phi) is 5.14. The molecule has 1 heterocycles. The number of hydrogen-bond acceptors (Lipinski definition) is 4. The molecule has 1 aliphatic heterocycles. The van der Waals surface area contributed by atoms with Gasteiger partial charge in [-0.2, -0.15) is 0 Å². The minimum atomic E-state index is -1.06. The van der Waals surface area contributed by atoms with Gasteiger partial charge in [0.25, 0.3) is 5.91 Å². The van der Waals surface area contributed by atoms with Gasteiger partial charge < -0.3 is 5.11 Å². The van der Waals surface area contributed by atoms with Crippen LogP contribution in [0.15, 0.2) is 41.3 Å². The topological polar surface area (TPSA) is 57.6 Å². The molecule has 4 nitrogen and oxygen atoms in total. The van der Waals surface area contributed by atoms with Gasteiger partial charge in [0.15, 0.2) is 0 Å². The highest BCUT2D eigenvalue weighted by Gasteiger charge is 2.33. The number of thioether (sulfide) groups is 1. The number of carbonyl (C=O) groups is 2. The van der Waals surface area contributed by atoms with Crippen molar-refractivity contribution in [2.75, 3.05) is 6.54 Å². The molecule has 1 aromatic rings. The van der Waals surface area contributed by atoms with Crippen LogP contribution in [0, 0.1) is 5.92 Å². The van der Waals surface area contributed by atoms with Crippen molar-refractivity contribution in [2.24, 2.45) is 5.92 Å². The second kappa shape index (κ2) is 6.87. The van der Waals surface area contributed by atoms with E-state index in [4.69, 9.17) is 17.3 Å². The van der Waals surface area contributed by atoms with E-state index in [9.17, 15) is 9.59 Å². The highest BCUT2D eigenvalue weighted by molar-refractivity contribution is 8.26. The molecule has 0 bridgehead atoms. The summed E-state index contributed by atoms with van der Waals surface area (Å²) in [6, 6.07) is 10.0. The maximum absolute atomic E-state index is 12.1. The molecule has 110 valence electrons. The van der Waals surface area contributed by atoms with E-state index in [0.29, 0.717) is 9.23 Å². The summed E-state index contributed by atoms with van der Waals surface area (Å²) in [6.07, 6.45) is 2.69. The summed E-state index contributed by atoms with van der Waals surface area (Å²) in [5.74, 6) is -1.20. The molecular weight excluding hydrogens is 306 g/mol. The van der Waals surface area contributed by atoms with Crippen LogP contribution in [-0.4, -0.2) is 32.7 Å². The highest BCUT2D eigenvalue weighted by atomic mass is 32.2.